The molecule has 6 heteroatoms. The average Bonchev–Trinajstić information content (AvgIpc) is 3.53. The van der Waals surface area contributed by atoms with Gasteiger partial charge in [-0.25, -0.2) is 0 Å². The van der Waals surface area contributed by atoms with Crippen LogP contribution in [0.2, 0.25) is 0 Å². The van der Waals surface area contributed by atoms with E-state index in [-0.39, 0.29) is 28.9 Å². The van der Waals surface area contributed by atoms with Gasteiger partial charge in [-0.3, -0.25) is 4.90 Å². The Labute approximate surface area is 340 Å². The van der Waals surface area contributed by atoms with Crippen LogP contribution < -0.4 is 35.7 Å². The monoisotopic (exact) mass is 756 g/mol. The summed E-state index contributed by atoms with van der Waals surface area (Å²) < 4.78 is 19.8. The Morgan fingerprint density at radius 2 is 1.21 bits per heavy atom. The van der Waals surface area contributed by atoms with Crippen LogP contribution >= 0.6 is 0 Å². The number of ether oxygens (including phenoxy) is 2. The van der Waals surface area contributed by atoms with Crippen molar-refractivity contribution in [3.8, 4) is 11.5 Å². The number of aryl methyl sites for hydroxylation is 1. The van der Waals surface area contributed by atoms with Crippen LogP contribution in [-0.2, 0) is 16.2 Å². The maximum Gasteiger partial charge on any atom is 0.257 e. The van der Waals surface area contributed by atoms with Crippen molar-refractivity contribution >= 4 is 68.4 Å². The van der Waals surface area contributed by atoms with E-state index in [1.165, 1.54) is 55.4 Å². The van der Waals surface area contributed by atoms with Crippen LogP contribution in [0, 0.1) is 13.8 Å². The minimum absolute atomic E-state index is 0.0369. The largest absolute Gasteiger partial charge is 0.486 e. The topological polar surface area (TPSA) is 38.1 Å². The summed E-state index contributed by atoms with van der Waals surface area (Å²) >= 11 is 0. The van der Waals surface area contributed by atoms with Gasteiger partial charge in [0.15, 0.2) is 11.5 Å². The van der Waals surface area contributed by atoms with Crippen LogP contribution in [0.3, 0.4) is 0 Å². The molecule has 292 valence electrons. The van der Waals surface area contributed by atoms with Gasteiger partial charge in [0.05, 0.1) is 5.69 Å². The van der Waals surface area contributed by atoms with Crippen molar-refractivity contribution in [1.29, 1.82) is 0 Å². The van der Waals surface area contributed by atoms with E-state index in [0.29, 0.717) is 13.2 Å². The van der Waals surface area contributed by atoms with Gasteiger partial charge in [0.1, 0.15) is 18.8 Å². The van der Waals surface area contributed by atoms with Crippen LogP contribution in [0.25, 0.3) is 11.0 Å². The molecule has 4 heterocycles. The van der Waals surface area contributed by atoms with Crippen LogP contribution in [0.1, 0.15) is 115 Å². The molecule has 0 aliphatic carbocycles. The second-order valence-electron chi connectivity index (χ2n) is 20.0. The van der Waals surface area contributed by atoms with E-state index in [1.54, 1.807) is 0 Å². The number of fused-ring (bicyclic) bond motifs is 7. The van der Waals surface area contributed by atoms with Gasteiger partial charge in [-0.1, -0.05) is 106 Å². The fraction of sp³-hybridized carbons (Fsp3) is 0.373. The highest BCUT2D eigenvalue weighted by Gasteiger charge is 2.47. The first-order chi connectivity index (χ1) is 26.8. The molecule has 5 aromatic carbocycles. The molecule has 9 rings (SSSR count). The van der Waals surface area contributed by atoms with E-state index in [0.717, 1.165) is 51.2 Å². The molecular weight excluding hydrogens is 699 g/mol. The highest BCUT2D eigenvalue weighted by atomic mass is 16.6. The minimum atomic E-state index is -0.0702. The van der Waals surface area contributed by atoms with Gasteiger partial charge in [-0.15, -0.1) is 0 Å². The van der Waals surface area contributed by atoms with Crippen molar-refractivity contribution in [2.24, 2.45) is 0 Å². The molecule has 0 bridgehead atoms. The third kappa shape index (κ3) is 5.88. The molecule has 0 amide bonds. The molecule has 6 aromatic rings. The lowest BCUT2D eigenvalue weighted by atomic mass is 9.33. The number of hydrogen-bond donors (Lipinski definition) is 0. The lowest BCUT2D eigenvalue weighted by Gasteiger charge is -2.44. The van der Waals surface area contributed by atoms with Gasteiger partial charge in [0.2, 0.25) is 5.88 Å². The van der Waals surface area contributed by atoms with Gasteiger partial charge in [0.25, 0.3) is 6.71 Å². The molecule has 0 spiro atoms. The number of hydrogen-bond acceptors (Lipinski definition) is 5. The number of nitrogens with zero attached hydrogens (tertiary/aromatic N) is 2. The summed E-state index contributed by atoms with van der Waals surface area (Å²) in [5, 5.41) is 1.17. The Balaban J connectivity index is 1.44. The van der Waals surface area contributed by atoms with E-state index >= 15 is 0 Å². The van der Waals surface area contributed by atoms with E-state index in [4.69, 9.17) is 13.9 Å². The zero-order chi connectivity index (χ0) is 40.5. The number of benzene rings is 5. The van der Waals surface area contributed by atoms with Crippen molar-refractivity contribution in [3.63, 3.8) is 0 Å². The zero-order valence-corrected chi connectivity index (χ0v) is 36.2. The van der Waals surface area contributed by atoms with Gasteiger partial charge in [0, 0.05) is 39.2 Å². The molecule has 3 aliphatic rings. The fourth-order valence-corrected chi connectivity index (χ4v) is 9.26. The van der Waals surface area contributed by atoms with E-state index in [1.807, 2.05) is 0 Å². The minimum Gasteiger partial charge on any atom is -0.486 e. The molecule has 1 aromatic heterocycles. The van der Waals surface area contributed by atoms with Gasteiger partial charge in [-0.2, -0.15) is 0 Å². The molecule has 3 aliphatic heterocycles. The molecular formula is C51H57BN2O3. The van der Waals surface area contributed by atoms with Crippen molar-refractivity contribution in [3.05, 3.63) is 112 Å². The summed E-state index contributed by atoms with van der Waals surface area (Å²) in [7, 11) is 0. The molecule has 0 N–H and O–H groups in total. The van der Waals surface area contributed by atoms with Crippen LogP contribution in [0.15, 0.2) is 83.3 Å². The predicted molar refractivity (Wildman–Crippen MR) is 241 cm³/mol. The standard InChI is InChI=1S/C51H57BN2O3/c1-29(2)32-25-40-45-41(26-32)54(46-30(3)24-43-47(31(46)4)56-23-22-55-43)48-44(37-27-34(50(8,9)10)17-21-42(37)57-48)52(45)38-28-35(51(11,12)13)16-20-39(38)53(40)36-18-14-33(15-19-36)49(5,6)7/h14-21,24-29H,22-23H2,1-13H3. The highest BCUT2D eigenvalue weighted by molar-refractivity contribution is 7.01. The summed E-state index contributed by atoms with van der Waals surface area (Å²) in [6, 6.07) is 30.4. The smallest absolute Gasteiger partial charge is 0.257 e. The van der Waals surface area contributed by atoms with Crippen LogP contribution in [0.5, 0.6) is 11.5 Å². The van der Waals surface area contributed by atoms with E-state index in [9.17, 15) is 0 Å². The Bertz CT molecular complexity index is 2590. The maximum absolute atomic E-state index is 7.24. The summed E-state index contributed by atoms with van der Waals surface area (Å²) in [6.45, 7) is 30.7. The molecule has 0 fully saturated rings. The SMILES string of the molecule is Cc1cc2c(c(C)c1N1c3cc(C(C)C)cc4c3B(c3cc(C(C)(C)C)ccc3N4c3ccc(C(C)(C)C)cc3)c3c1oc1ccc(C(C)(C)C)cc31)OCCO2. The lowest BCUT2D eigenvalue weighted by molar-refractivity contribution is 0.170. The number of rotatable bonds is 3. The maximum atomic E-state index is 7.24. The summed E-state index contributed by atoms with van der Waals surface area (Å²) in [4.78, 5) is 4.96. The first-order valence-corrected chi connectivity index (χ1v) is 20.8. The molecule has 0 radical (unpaired) electrons. The predicted octanol–water partition coefficient (Wildman–Crippen LogP) is 11.9. The van der Waals surface area contributed by atoms with Gasteiger partial charge < -0.3 is 18.8 Å². The van der Waals surface area contributed by atoms with Crippen LogP contribution in [0.4, 0.5) is 34.3 Å². The van der Waals surface area contributed by atoms with Crippen molar-refractivity contribution in [1.82, 2.24) is 0 Å². The van der Waals surface area contributed by atoms with E-state index < -0.39 is 0 Å². The molecule has 0 saturated carbocycles. The third-order valence-electron chi connectivity index (χ3n) is 12.5. The number of furan rings is 1. The molecule has 0 saturated heterocycles. The summed E-state index contributed by atoms with van der Waals surface area (Å²) in [5.41, 5.74) is 17.9. The Kier molecular flexibility index (Phi) is 8.35. The second kappa shape index (κ2) is 12.7. The Hall–Kier alpha value is -5.10. The third-order valence-corrected chi connectivity index (χ3v) is 12.5. The van der Waals surface area contributed by atoms with E-state index in [2.05, 4.69) is 179 Å². The van der Waals surface area contributed by atoms with Gasteiger partial charge in [-0.05, 0) is 123 Å². The molecule has 57 heavy (non-hydrogen) atoms. The van der Waals surface area contributed by atoms with Crippen molar-refractivity contribution in [2.45, 2.75) is 112 Å². The first kappa shape index (κ1) is 37.5. The highest BCUT2D eigenvalue weighted by Crippen LogP contribution is 2.51. The first-order valence-electron chi connectivity index (χ1n) is 20.8. The zero-order valence-electron chi connectivity index (χ0n) is 36.2. The second-order valence-corrected chi connectivity index (χ2v) is 20.0. The fourth-order valence-electron chi connectivity index (χ4n) is 9.26. The average molecular weight is 757 g/mol. The van der Waals surface area contributed by atoms with Crippen molar-refractivity contribution in [2.75, 3.05) is 23.0 Å². The normalized spacial score (nSPS) is 14.9. The summed E-state index contributed by atoms with van der Waals surface area (Å²) in [5.74, 6) is 2.78. The quantitative estimate of drug-likeness (QED) is 0.168. The Morgan fingerprint density at radius 1 is 0.614 bits per heavy atom. The number of anilines is 6. The molecule has 0 unspecified atom stereocenters. The lowest BCUT2D eigenvalue weighted by Crippen LogP contribution is -2.61. The van der Waals surface area contributed by atoms with Crippen molar-refractivity contribution < 1.29 is 13.9 Å². The summed E-state index contributed by atoms with van der Waals surface area (Å²) in [6.07, 6.45) is 0. The molecule has 0 atom stereocenters. The molecule has 5 nitrogen and oxygen atoms in total. The van der Waals surface area contributed by atoms with Crippen LogP contribution in [-0.4, -0.2) is 19.9 Å². The Morgan fingerprint density at radius 3 is 1.86 bits per heavy atom. The van der Waals surface area contributed by atoms with Gasteiger partial charge >= 0.3 is 0 Å².